The summed E-state index contributed by atoms with van der Waals surface area (Å²) < 4.78 is 0. The Kier molecular flexibility index (Phi) is 6.91. The molecule has 5 nitrogen and oxygen atoms in total. The monoisotopic (exact) mass is 345 g/mol. The topological polar surface area (TPSA) is 44.3 Å². The molecule has 2 aliphatic rings. The number of anilines is 2. The molecule has 0 radical (unpaired) electrons. The van der Waals surface area contributed by atoms with Crippen LogP contribution in [0.1, 0.15) is 58.8 Å². The van der Waals surface area contributed by atoms with Crippen LogP contribution in [0.2, 0.25) is 0 Å². The van der Waals surface area contributed by atoms with Gasteiger partial charge in [-0.05, 0) is 31.2 Å². The van der Waals surface area contributed by atoms with Crippen LogP contribution in [0.25, 0.3) is 0 Å². The summed E-state index contributed by atoms with van der Waals surface area (Å²) in [6.07, 6.45) is 10.9. The lowest BCUT2D eigenvalue weighted by Crippen LogP contribution is -2.31. The molecule has 3 heterocycles. The Morgan fingerprint density at radius 3 is 2.60 bits per heavy atom. The van der Waals surface area contributed by atoms with Crippen molar-refractivity contribution in [3.8, 4) is 0 Å². The van der Waals surface area contributed by atoms with Crippen molar-refractivity contribution < 1.29 is 0 Å². The van der Waals surface area contributed by atoms with Gasteiger partial charge in [0.15, 0.2) is 0 Å². The smallest absolute Gasteiger partial charge is 0.224 e. The molecule has 2 fully saturated rings. The molecule has 5 heteroatoms. The fourth-order valence-electron chi connectivity index (χ4n) is 4.11. The third-order valence-corrected chi connectivity index (χ3v) is 5.85. The highest BCUT2D eigenvalue weighted by molar-refractivity contribution is 5.43. The highest BCUT2D eigenvalue weighted by atomic mass is 15.3. The third kappa shape index (κ3) is 5.30. The van der Waals surface area contributed by atoms with E-state index in [4.69, 9.17) is 4.98 Å². The van der Waals surface area contributed by atoms with Crippen LogP contribution in [0.3, 0.4) is 0 Å². The van der Waals surface area contributed by atoms with Crippen LogP contribution in [0.5, 0.6) is 0 Å². The van der Waals surface area contributed by atoms with Crippen molar-refractivity contribution in [2.45, 2.75) is 64.8 Å². The Balaban J connectivity index is 1.54. The van der Waals surface area contributed by atoms with Gasteiger partial charge in [-0.25, -0.2) is 4.98 Å². The van der Waals surface area contributed by atoms with Crippen LogP contribution in [-0.4, -0.2) is 53.6 Å². The van der Waals surface area contributed by atoms with Crippen LogP contribution in [-0.2, 0) is 0 Å². The van der Waals surface area contributed by atoms with E-state index in [1.807, 2.05) is 6.20 Å². The van der Waals surface area contributed by atoms with E-state index in [2.05, 4.69) is 40.0 Å². The van der Waals surface area contributed by atoms with Crippen LogP contribution in [0.15, 0.2) is 12.3 Å². The quantitative estimate of drug-likeness (QED) is 0.815. The van der Waals surface area contributed by atoms with E-state index in [0.717, 1.165) is 37.3 Å². The fourth-order valence-corrected chi connectivity index (χ4v) is 4.11. The maximum Gasteiger partial charge on any atom is 0.224 e. The largest absolute Gasteiger partial charge is 0.356 e. The molecule has 0 bridgehead atoms. The van der Waals surface area contributed by atoms with E-state index in [9.17, 15) is 0 Å². The fraction of sp³-hybridized carbons (Fsp3) is 0.800. The Morgan fingerprint density at radius 1 is 1.12 bits per heavy atom. The van der Waals surface area contributed by atoms with Gasteiger partial charge in [-0.15, -0.1) is 0 Å². The molecule has 0 aliphatic carbocycles. The molecule has 25 heavy (non-hydrogen) atoms. The zero-order valence-corrected chi connectivity index (χ0v) is 16.1. The van der Waals surface area contributed by atoms with Crippen molar-refractivity contribution in [1.82, 2.24) is 14.9 Å². The molecular formula is C20H35N5. The Bertz CT molecular complexity index is 509. The Labute approximate surface area is 153 Å². The zero-order valence-electron chi connectivity index (χ0n) is 16.1. The average molecular weight is 346 g/mol. The van der Waals surface area contributed by atoms with Gasteiger partial charge in [0.25, 0.3) is 0 Å². The summed E-state index contributed by atoms with van der Waals surface area (Å²) in [6, 6.07) is 2.54. The van der Waals surface area contributed by atoms with Gasteiger partial charge in [0.2, 0.25) is 5.95 Å². The van der Waals surface area contributed by atoms with Crippen LogP contribution < -0.4 is 10.2 Å². The molecule has 0 spiro atoms. The van der Waals surface area contributed by atoms with Crippen molar-refractivity contribution in [3.05, 3.63) is 12.3 Å². The summed E-state index contributed by atoms with van der Waals surface area (Å²) in [4.78, 5) is 14.3. The molecule has 2 saturated heterocycles. The first-order valence-electron chi connectivity index (χ1n) is 10.3. The zero-order chi connectivity index (χ0) is 17.5. The highest BCUT2D eigenvalue weighted by Crippen LogP contribution is 2.20. The molecule has 1 aromatic heterocycles. The highest BCUT2D eigenvalue weighted by Gasteiger charge is 2.24. The minimum Gasteiger partial charge on any atom is -0.356 e. The second-order valence-electron chi connectivity index (χ2n) is 7.71. The number of hydrogen-bond acceptors (Lipinski definition) is 5. The average Bonchev–Trinajstić information content (AvgIpc) is 2.90. The number of nitrogens with one attached hydrogen (secondary N) is 1. The number of rotatable bonds is 7. The van der Waals surface area contributed by atoms with Gasteiger partial charge in [-0.2, -0.15) is 4.98 Å². The minimum absolute atomic E-state index is 0.480. The van der Waals surface area contributed by atoms with Gasteiger partial charge in [0.05, 0.1) is 0 Å². The molecule has 2 aliphatic heterocycles. The van der Waals surface area contributed by atoms with Crippen LogP contribution in [0.4, 0.5) is 11.8 Å². The standard InChI is InChI=1S/C20H35N5/c1-3-17(4-2)15-24-14-10-18(16-24)22-20-21-11-9-19(23-20)25-12-7-5-6-8-13-25/h9,11,17-18H,3-8,10,12-16H2,1-2H3,(H,21,22,23). The van der Waals surface area contributed by atoms with Gasteiger partial charge in [0, 0.05) is 45.0 Å². The number of hydrogen-bond donors (Lipinski definition) is 1. The molecule has 1 N–H and O–H groups in total. The molecule has 1 unspecified atom stereocenters. The molecule has 0 aromatic carbocycles. The van der Waals surface area contributed by atoms with Gasteiger partial charge in [-0.1, -0.05) is 39.5 Å². The van der Waals surface area contributed by atoms with E-state index >= 15 is 0 Å². The van der Waals surface area contributed by atoms with E-state index in [1.54, 1.807) is 0 Å². The van der Waals surface area contributed by atoms with Crippen molar-refractivity contribution in [3.63, 3.8) is 0 Å². The molecular weight excluding hydrogens is 310 g/mol. The van der Waals surface area contributed by atoms with Crippen LogP contribution >= 0.6 is 0 Å². The molecule has 3 rings (SSSR count). The first-order chi connectivity index (χ1) is 12.3. The van der Waals surface area contributed by atoms with Crippen molar-refractivity contribution in [1.29, 1.82) is 0 Å². The SMILES string of the molecule is CCC(CC)CN1CCC(Nc2nccc(N3CCCCCC3)n2)C1. The molecule has 1 atom stereocenters. The Morgan fingerprint density at radius 2 is 1.88 bits per heavy atom. The predicted octanol–water partition coefficient (Wildman–Crippen LogP) is 3.78. The third-order valence-electron chi connectivity index (χ3n) is 5.85. The maximum absolute atomic E-state index is 4.81. The summed E-state index contributed by atoms with van der Waals surface area (Å²) >= 11 is 0. The lowest BCUT2D eigenvalue weighted by atomic mass is 10.0. The first kappa shape index (κ1) is 18.4. The predicted molar refractivity (Wildman–Crippen MR) is 105 cm³/mol. The Hall–Kier alpha value is -1.36. The van der Waals surface area contributed by atoms with Crippen LogP contribution in [0, 0.1) is 5.92 Å². The first-order valence-corrected chi connectivity index (χ1v) is 10.3. The van der Waals surface area contributed by atoms with E-state index in [0.29, 0.717) is 6.04 Å². The molecule has 0 saturated carbocycles. The molecule has 0 amide bonds. The number of likely N-dealkylation sites (tertiary alicyclic amines) is 1. The van der Waals surface area contributed by atoms with Crippen molar-refractivity contribution in [2.24, 2.45) is 5.92 Å². The van der Waals surface area contributed by atoms with Crippen molar-refractivity contribution >= 4 is 11.8 Å². The summed E-state index contributed by atoms with van der Waals surface area (Å²) in [5, 5.41) is 3.58. The summed E-state index contributed by atoms with van der Waals surface area (Å²) in [7, 11) is 0. The van der Waals surface area contributed by atoms with Gasteiger partial charge in [0.1, 0.15) is 5.82 Å². The summed E-state index contributed by atoms with van der Waals surface area (Å²) in [5.41, 5.74) is 0. The maximum atomic E-state index is 4.81. The number of nitrogens with zero attached hydrogens (tertiary/aromatic N) is 4. The summed E-state index contributed by atoms with van der Waals surface area (Å²) in [5.74, 6) is 2.73. The van der Waals surface area contributed by atoms with E-state index in [1.165, 1.54) is 58.0 Å². The molecule has 140 valence electrons. The van der Waals surface area contributed by atoms with Gasteiger partial charge in [-0.3, -0.25) is 0 Å². The van der Waals surface area contributed by atoms with Gasteiger partial charge < -0.3 is 15.1 Å². The normalized spacial score (nSPS) is 22.4. The minimum atomic E-state index is 0.480. The second-order valence-corrected chi connectivity index (χ2v) is 7.71. The van der Waals surface area contributed by atoms with E-state index < -0.39 is 0 Å². The summed E-state index contributed by atoms with van der Waals surface area (Å²) in [6.45, 7) is 10.4. The van der Waals surface area contributed by atoms with Crippen molar-refractivity contribution in [2.75, 3.05) is 42.9 Å². The second kappa shape index (κ2) is 9.37. The lowest BCUT2D eigenvalue weighted by molar-refractivity contribution is 0.267. The molecule has 1 aromatic rings. The van der Waals surface area contributed by atoms with E-state index in [-0.39, 0.29) is 0 Å². The number of aromatic nitrogens is 2. The lowest BCUT2D eigenvalue weighted by Gasteiger charge is -2.23. The van der Waals surface area contributed by atoms with Gasteiger partial charge >= 0.3 is 0 Å².